The molecule has 41 heavy (non-hydrogen) atoms. The fraction of sp³-hybridized carbons (Fsp3) is 0.333. The third-order valence-electron chi connectivity index (χ3n) is 6.99. The molecule has 0 amide bonds. The van der Waals surface area contributed by atoms with Crippen LogP contribution in [-0.4, -0.2) is 29.3 Å². The number of hydrogen-bond acceptors (Lipinski definition) is 4. The zero-order chi connectivity index (χ0) is 29.2. The number of ether oxygens (including phenoxy) is 2. The van der Waals surface area contributed by atoms with Crippen molar-refractivity contribution in [2.24, 2.45) is 0 Å². The number of benzene rings is 2. The van der Waals surface area contributed by atoms with Crippen molar-refractivity contribution in [2.75, 3.05) is 13.2 Å². The molecular weight excluding hydrogens is 532 g/mol. The molecule has 0 N–H and O–H groups in total. The van der Waals surface area contributed by atoms with Crippen LogP contribution < -0.4 is 4.74 Å². The molecule has 1 heterocycles. The molecule has 0 radical (unpaired) electrons. The average Bonchev–Trinajstić information content (AvgIpc) is 2.99. The van der Waals surface area contributed by atoms with E-state index < -0.39 is 23.3 Å². The Labute approximate surface area is 238 Å². The van der Waals surface area contributed by atoms with Crippen LogP contribution in [0, 0.1) is 35.1 Å². The van der Waals surface area contributed by atoms with Gasteiger partial charge in [0.2, 0.25) is 5.82 Å². The largest absolute Gasteiger partial charge is 0.490 e. The van der Waals surface area contributed by atoms with E-state index in [1.165, 1.54) is 30.6 Å². The highest BCUT2D eigenvalue weighted by Gasteiger charge is 2.27. The van der Waals surface area contributed by atoms with Crippen molar-refractivity contribution < 1.29 is 27.0 Å². The van der Waals surface area contributed by atoms with E-state index in [4.69, 9.17) is 9.47 Å². The van der Waals surface area contributed by atoms with Crippen molar-refractivity contribution in [1.82, 2.24) is 9.97 Å². The average molecular weight is 565 g/mol. The number of halogens is 4. The van der Waals surface area contributed by atoms with Crippen LogP contribution in [0.5, 0.6) is 5.75 Å². The molecule has 214 valence electrons. The number of aromatic nitrogens is 2. The van der Waals surface area contributed by atoms with Gasteiger partial charge in [0.05, 0.1) is 36.0 Å². The van der Waals surface area contributed by atoms with Gasteiger partial charge in [0, 0.05) is 12.4 Å². The molecule has 1 fully saturated rings. The first-order valence-corrected chi connectivity index (χ1v) is 13.7. The fourth-order valence-electron chi connectivity index (χ4n) is 4.73. The zero-order valence-electron chi connectivity index (χ0n) is 22.8. The summed E-state index contributed by atoms with van der Waals surface area (Å²) in [4.78, 5) is 8.23. The quantitative estimate of drug-likeness (QED) is 0.102. The fourth-order valence-corrected chi connectivity index (χ4v) is 4.73. The monoisotopic (exact) mass is 564 g/mol. The Morgan fingerprint density at radius 2 is 1.54 bits per heavy atom. The van der Waals surface area contributed by atoms with Crippen LogP contribution in [0.3, 0.4) is 0 Å². The second-order valence-electron chi connectivity index (χ2n) is 9.82. The second kappa shape index (κ2) is 14.6. The van der Waals surface area contributed by atoms with Gasteiger partial charge in [-0.2, -0.15) is 4.39 Å². The van der Waals surface area contributed by atoms with Gasteiger partial charge in [0.1, 0.15) is 0 Å². The first-order valence-electron chi connectivity index (χ1n) is 13.7. The molecule has 0 atom stereocenters. The van der Waals surface area contributed by atoms with Crippen LogP contribution in [0.25, 0.3) is 11.4 Å². The summed E-state index contributed by atoms with van der Waals surface area (Å²) < 4.78 is 70.1. The first-order chi connectivity index (χ1) is 19.9. The first kappa shape index (κ1) is 30.0. The van der Waals surface area contributed by atoms with Crippen molar-refractivity contribution in [3.05, 3.63) is 102 Å². The Balaban J connectivity index is 1.42. The second-order valence-corrected chi connectivity index (χ2v) is 9.82. The van der Waals surface area contributed by atoms with Crippen LogP contribution in [-0.2, 0) is 4.74 Å². The summed E-state index contributed by atoms with van der Waals surface area (Å²) in [6.45, 7) is 8.14. The van der Waals surface area contributed by atoms with E-state index in [2.05, 4.69) is 35.0 Å². The maximum absolute atomic E-state index is 15.1. The number of hydrogen-bond donors (Lipinski definition) is 0. The molecule has 1 aliphatic rings. The molecule has 0 saturated heterocycles. The minimum atomic E-state index is -1.12. The maximum atomic E-state index is 15.1. The standard InChI is InChI=1S/C33H32F4N2O2/c1-3-5-7-19-41-28-17-12-24(29(34)32(28)37)9-8-22-20-38-33(39-21-22)27-16-15-26(30(35)31(27)36)23-10-13-25(14-11-23)40-18-6-4-2/h3-4,12,15-17,20-21,23,25H,1-2,5-7,10-11,13-14,18-19H2. The minimum absolute atomic E-state index is 0.00647. The van der Waals surface area contributed by atoms with Crippen LogP contribution in [0.15, 0.2) is 62.0 Å². The number of allylic oxidation sites excluding steroid dienone is 1. The van der Waals surface area contributed by atoms with Gasteiger partial charge in [-0.25, -0.2) is 23.1 Å². The summed E-state index contributed by atoms with van der Waals surface area (Å²) >= 11 is 0. The van der Waals surface area contributed by atoms with Gasteiger partial charge in [-0.3, -0.25) is 0 Å². The SMILES string of the molecule is C=CCCCOc1ccc(C#Cc2cnc(-c3ccc(C4CCC(OCCC=C)CC4)c(F)c3F)nc2)c(F)c1F. The molecule has 1 aromatic heterocycles. The summed E-state index contributed by atoms with van der Waals surface area (Å²) in [6, 6.07) is 5.73. The van der Waals surface area contributed by atoms with Gasteiger partial charge in [-0.15, -0.1) is 13.2 Å². The van der Waals surface area contributed by atoms with E-state index in [-0.39, 0.29) is 41.3 Å². The highest BCUT2D eigenvalue weighted by Crippen LogP contribution is 2.37. The molecule has 0 aliphatic heterocycles. The summed E-state index contributed by atoms with van der Waals surface area (Å²) in [7, 11) is 0. The van der Waals surface area contributed by atoms with E-state index in [0.29, 0.717) is 43.4 Å². The van der Waals surface area contributed by atoms with Gasteiger partial charge in [-0.05, 0) is 74.6 Å². The Morgan fingerprint density at radius 1 is 0.805 bits per heavy atom. The lowest BCUT2D eigenvalue weighted by Crippen LogP contribution is -2.22. The Morgan fingerprint density at radius 3 is 2.24 bits per heavy atom. The van der Waals surface area contributed by atoms with Crippen LogP contribution >= 0.6 is 0 Å². The number of nitrogens with zero attached hydrogens (tertiary/aromatic N) is 2. The molecule has 1 aliphatic carbocycles. The maximum Gasteiger partial charge on any atom is 0.201 e. The van der Waals surface area contributed by atoms with Crippen molar-refractivity contribution in [3.63, 3.8) is 0 Å². The predicted octanol–water partition coefficient (Wildman–Crippen LogP) is 8.06. The summed E-state index contributed by atoms with van der Waals surface area (Å²) in [5.41, 5.74) is 0.415. The van der Waals surface area contributed by atoms with E-state index >= 15 is 8.78 Å². The lowest BCUT2D eigenvalue weighted by atomic mass is 9.82. The molecule has 4 nitrogen and oxygen atoms in total. The Hall–Kier alpha value is -3.96. The molecule has 1 saturated carbocycles. The van der Waals surface area contributed by atoms with Crippen LogP contribution in [0.4, 0.5) is 17.6 Å². The third-order valence-corrected chi connectivity index (χ3v) is 6.99. The van der Waals surface area contributed by atoms with Crippen molar-refractivity contribution in [2.45, 2.75) is 57.0 Å². The van der Waals surface area contributed by atoms with Crippen molar-refractivity contribution >= 4 is 0 Å². The summed E-state index contributed by atoms with van der Waals surface area (Å²) in [5, 5.41) is 0. The zero-order valence-corrected chi connectivity index (χ0v) is 22.8. The van der Waals surface area contributed by atoms with Gasteiger partial charge < -0.3 is 9.47 Å². The molecule has 4 rings (SSSR count). The third kappa shape index (κ3) is 7.62. The molecular formula is C33H32F4N2O2. The topological polar surface area (TPSA) is 44.2 Å². The molecule has 0 unspecified atom stereocenters. The smallest absolute Gasteiger partial charge is 0.201 e. The molecule has 2 aromatic carbocycles. The van der Waals surface area contributed by atoms with E-state index in [1.54, 1.807) is 12.1 Å². The van der Waals surface area contributed by atoms with Gasteiger partial charge >= 0.3 is 0 Å². The Kier molecular flexibility index (Phi) is 10.7. The van der Waals surface area contributed by atoms with E-state index in [1.807, 2.05) is 6.08 Å². The summed E-state index contributed by atoms with van der Waals surface area (Å²) in [5.74, 6) is 0.805. The summed E-state index contributed by atoms with van der Waals surface area (Å²) in [6.07, 6.45) is 11.4. The van der Waals surface area contributed by atoms with Gasteiger partial charge in [-0.1, -0.05) is 30.1 Å². The van der Waals surface area contributed by atoms with Crippen LogP contribution in [0.1, 0.15) is 67.6 Å². The van der Waals surface area contributed by atoms with E-state index in [9.17, 15) is 8.78 Å². The lowest BCUT2D eigenvalue weighted by molar-refractivity contribution is 0.0272. The molecule has 3 aromatic rings. The van der Waals surface area contributed by atoms with Gasteiger partial charge in [0.25, 0.3) is 0 Å². The number of rotatable bonds is 11. The van der Waals surface area contributed by atoms with Crippen molar-refractivity contribution in [1.29, 1.82) is 0 Å². The molecule has 8 heteroatoms. The highest BCUT2D eigenvalue weighted by molar-refractivity contribution is 5.57. The highest BCUT2D eigenvalue weighted by atomic mass is 19.2. The molecule has 0 spiro atoms. The van der Waals surface area contributed by atoms with Crippen LogP contribution in [0.2, 0.25) is 0 Å². The predicted molar refractivity (Wildman–Crippen MR) is 150 cm³/mol. The lowest BCUT2D eigenvalue weighted by Gasteiger charge is -2.29. The molecule has 0 bridgehead atoms. The van der Waals surface area contributed by atoms with Gasteiger partial charge in [0.15, 0.2) is 29.0 Å². The number of unbranched alkanes of at least 4 members (excludes halogenated alkanes) is 1. The van der Waals surface area contributed by atoms with Crippen molar-refractivity contribution in [3.8, 4) is 29.0 Å². The van der Waals surface area contributed by atoms with E-state index in [0.717, 1.165) is 19.3 Å². The normalized spacial score (nSPS) is 16.5. The Bertz CT molecular complexity index is 1420. The minimum Gasteiger partial charge on any atom is -0.490 e.